The van der Waals surface area contributed by atoms with E-state index in [1.807, 2.05) is 30.3 Å². The molecule has 214 valence electrons. The van der Waals surface area contributed by atoms with Crippen LogP contribution in [0, 0.1) is 11.8 Å². The van der Waals surface area contributed by atoms with E-state index < -0.39 is 5.54 Å². The first-order valence-corrected chi connectivity index (χ1v) is 14.3. The maximum atomic E-state index is 13.5. The molecule has 2 aromatic carbocycles. The number of likely N-dealkylation sites (tertiary alicyclic amines) is 2. The van der Waals surface area contributed by atoms with Crippen molar-refractivity contribution in [3.05, 3.63) is 65.7 Å². The molecule has 3 aliphatic heterocycles. The number of benzene rings is 2. The number of carbonyl (C=O) groups excluding carboxylic acids is 3. The SMILES string of the molecule is COc1ccc(CN2C(=O)NC3(CCN(C[C@H]4CN(C(=O)CC5CC5)C[C@@H]4c4ccccc4)CC3)C2=O)cc1.Cl. The fraction of sp³-hybridized carbons (Fsp3) is 0.516. The van der Waals surface area contributed by atoms with E-state index in [-0.39, 0.29) is 30.9 Å². The minimum Gasteiger partial charge on any atom is -0.497 e. The average Bonchev–Trinajstić information content (AvgIpc) is 3.63. The fourth-order valence-electron chi connectivity index (χ4n) is 6.56. The molecular formula is C31H39ClN4O4. The zero-order valence-electron chi connectivity index (χ0n) is 23.1. The average molecular weight is 567 g/mol. The van der Waals surface area contributed by atoms with Gasteiger partial charge in [0.1, 0.15) is 11.3 Å². The molecule has 4 fully saturated rings. The topological polar surface area (TPSA) is 82.2 Å². The number of nitrogens with zero attached hydrogens (tertiary/aromatic N) is 3. The Balaban J connectivity index is 0.00000323. The van der Waals surface area contributed by atoms with Gasteiger partial charge in [-0.05, 0) is 60.8 Å². The van der Waals surface area contributed by atoms with Crippen LogP contribution >= 0.6 is 12.4 Å². The molecule has 0 aromatic heterocycles. The number of carbonyl (C=O) groups is 3. The highest BCUT2D eigenvalue weighted by molar-refractivity contribution is 6.07. The molecule has 3 heterocycles. The smallest absolute Gasteiger partial charge is 0.325 e. The van der Waals surface area contributed by atoms with Crippen molar-refractivity contribution in [3.63, 3.8) is 0 Å². The summed E-state index contributed by atoms with van der Waals surface area (Å²) in [4.78, 5) is 45.1. The van der Waals surface area contributed by atoms with E-state index in [1.165, 1.54) is 23.3 Å². The zero-order chi connectivity index (χ0) is 27.0. The van der Waals surface area contributed by atoms with Gasteiger partial charge in [-0.15, -0.1) is 12.4 Å². The number of methoxy groups -OCH3 is 1. The summed E-state index contributed by atoms with van der Waals surface area (Å²) >= 11 is 0. The molecule has 8 nitrogen and oxygen atoms in total. The van der Waals surface area contributed by atoms with E-state index >= 15 is 0 Å². The number of hydrogen-bond acceptors (Lipinski definition) is 5. The summed E-state index contributed by atoms with van der Waals surface area (Å²) in [5.74, 6) is 2.18. The molecule has 1 aliphatic carbocycles. The van der Waals surface area contributed by atoms with Gasteiger partial charge in [-0.1, -0.05) is 42.5 Å². The van der Waals surface area contributed by atoms with Gasteiger partial charge >= 0.3 is 6.03 Å². The minimum atomic E-state index is -0.819. The third-order valence-electron chi connectivity index (χ3n) is 9.13. The number of urea groups is 1. The Labute approximate surface area is 242 Å². The standard InChI is InChI=1S/C31H38N4O4.ClH/c1-39-26-11-9-23(10-12-26)18-35-29(37)31(32-30(35)38)13-15-33(16-14-31)19-25-20-34(28(36)17-22-7-8-22)21-27(25)24-5-3-2-4-6-24;/h2-6,9-12,22,25,27H,7-8,13-21H2,1H3,(H,32,38);1H/t25-,27+;/m0./s1. The van der Waals surface area contributed by atoms with Gasteiger partial charge in [0, 0.05) is 45.1 Å². The summed E-state index contributed by atoms with van der Waals surface area (Å²) in [5, 5.41) is 3.04. The van der Waals surface area contributed by atoms with Gasteiger partial charge in [-0.3, -0.25) is 14.5 Å². The second-order valence-electron chi connectivity index (χ2n) is 11.8. The van der Waals surface area contributed by atoms with Gasteiger partial charge < -0.3 is 19.9 Å². The number of piperidine rings is 1. The van der Waals surface area contributed by atoms with E-state index in [0.29, 0.717) is 42.9 Å². The van der Waals surface area contributed by atoms with Crippen molar-refractivity contribution >= 4 is 30.3 Å². The molecule has 1 saturated carbocycles. The normalized spacial score (nSPS) is 24.2. The predicted octanol–water partition coefficient (Wildman–Crippen LogP) is 4.05. The molecule has 2 aromatic rings. The molecule has 4 amide bonds. The van der Waals surface area contributed by atoms with Crippen LogP contribution in [0.4, 0.5) is 4.79 Å². The van der Waals surface area contributed by atoms with Crippen molar-refractivity contribution < 1.29 is 19.1 Å². The predicted molar refractivity (Wildman–Crippen MR) is 154 cm³/mol. The number of rotatable bonds is 8. The van der Waals surface area contributed by atoms with Crippen molar-refractivity contribution in [2.45, 2.75) is 50.1 Å². The van der Waals surface area contributed by atoms with Crippen molar-refractivity contribution in [2.75, 3.05) is 39.8 Å². The number of ether oxygens (including phenoxy) is 1. The number of hydrogen-bond donors (Lipinski definition) is 1. The first-order chi connectivity index (χ1) is 18.9. The molecule has 6 rings (SSSR count). The van der Waals surface area contributed by atoms with Gasteiger partial charge in [0.15, 0.2) is 0 Å². The summed E-state index contributed by atoms with van der Waals surface area (Å²) < 4.78 is 5.21. The summed E-state index contributed by atoms with van der Waals surface area (Å²) in [6.07, 6.45) is 4.27. The van der Waals surface area contributed by atoms with E-state index in [1.54, 1.807) is 7.11 Å². The van der Waals surface area contributed by atoms with Crippen LogP contribution in [-0.2, 0) is 16.1 Å². The van der Waals surface area contributed by atoms with E-state index in [0.717, 1.165) is 44.0 Å². The Morgan fingerprint density at radius 2 is 1.70 bits per heavy atom. The Kier molecular flexibility index (Phi) is 8.38. The minimum absolute atomic E-state index is 0. The Morgan fingerprint density at radius 1 is 1.00 bits per heavy atom. The molecular weight excluding hydrogens is 528 g/mol. The van der Waals surface area contributed by atoms with Crippen LogP contribution < -0.4 is 10.1 Å². The molecule has 1 spiro atoms. The van der Waals surface area contributed by atoms with Gasteiger partial charge in [-0.25, -0.2) is 4.79 Å². The van der Waals surface area contributed by atoms with Crippen molar-refractivity contribution in [3.8, 4) is 5.75 Å². The summed E-state index contributed by atoms with van der Waals surface area (Å²) in [6, 6.07) is 17.7. The van der Waals surface area contributed by atoms with E-state index in [2.05, 4.69) is 39.4 Å². The number of halogens is 1. The van der Waals surface area contributed by atoms with Crippen LogP contribution in [0.1, 0.15) is 49.1 Å². The third-order valence-corrected chi connectivity index (χ3v) is 9.13. The van der Waals surface area contributed by atoms with Gasteiger partial charge in [-0.2, -0.15) is 0 Å². The number of nitrogens with one attached hydrogen (secondary N) is 1. The van der Waals surface area contributed by atoms with Crippen LogP contribution in [0.15, 0.2) is 54.6 Å². The van der Waals surface area contributed by atoms with E-state index in [9.17, 15) is 14.4 Å². The highest BCUT2D eigenvalue weighted by atomic mass is 35.5. The highest BCUT2D eigenvalue weighted by Crippen LogP contribution is 2.38. The van der Waals surface area contributed by atoms with Gasteiger partial charge in [0.25, 0.3) is 5.91 Å². The molecule has 40 heavy (non-hydrogen) atoms. The molecule has 2 atom stereocenters. The van der Waals surface area contributed by atoms with Crippen LogP contribution in [0.3, 0.4) is 0 Å². The first-order valence-electron chi connectivity index (χ1n) is 14.3. The molecule has 4 aliphatic rings. The highest BCUT2D eigenvalue weighted by Gasteiger charge is 2.52. The van der Waals surface area contributed by atoms with Crippen molar-refractivity contribution in [1.82, 2.24) is 20.0 Å². The lowest BCUT2D eigenvalue weighted by Gasteiger charge is -2.38. The zero-order valence-corrected chi connectivity index (χ0v) is 23.9. The quantitative estimate of drug-likeness (QED) is 0.488. The summed E-state index contributed by atoms with van der Waals surface area (Å²) in [5.41, 5.74) is 1.37. The third kappa shape index (κ3) is 5.84. The number of imide groups is 1. The van der Waals surface area contributed by atoms with Crippen LogP contribution in [0.25, 0.3) is 0 Å². The van der Waals surface area contributed by atoms with E-state index in [4.69, 9.17) is 4.74 Å². The number of amides is 4. The lowest BCUT2D eigenvalue weighted by atomic mass is 9.85. The summed E-state index contributed by atoms with van der Waals surface area (Å²) in [7, 11) is 1.61. The maximum absolute atomic E-state index is 13.5. The Morgan fingerprint density at radius 3 is 2.35 bits per heavy atom. The molecule has 9 heteroatoms. The monoisotopic (exact) mass is 566 g/mol. The molecule has 3 saturated heterocycles. The largest absolute Gasteiger partial charge is 0.497 e. The molecule has 0 bridgehead atoms. The molecule has 0 unspecified atom stereocenters. The van der Waals surface area contributed by atoms with Gasteiger partial charge in [0.2, 0.25) is 5.91 Å². The fourth-order valence-corrected chi connectivity index (χ4v) is 6.56. The van der Waals surface area contributed by atoms with Crippen molar-refractivity contribution in [1.29, 1.82) is 0 Å². The lowest BCUT2D eigenvalue weighted by Crippen LogP contribution is -2.55. The summed E-state index contributed by atoms with van der Waals surface area (Å²) in [6.45, 7) is 4.21. The maximum Gasteiger partial charge on any atom is 0.325 e. The van der Waals surface area contributed by atoms with Crippen LogP contribution in [-0.4, -0.2) is 77.9 Å². The van der Waals surface area contributed by atoms with Gasteiger partial charge in [0.05, 0.1) is 13.7 Å². The second-order valence-corrected chi connectivity index (χ2v) is 11.8. The van der Waals surface area contributed by atoms with Crippen LogP contribution in [0.2, 0.25) is 0 Å². The molecule has 1 N–H and O–H groups in total. The first kappa shape index (κ1) is 28.4. The lowest BCUT2D eigenvalue weighted by molar-refractivity contribution is -0.133. The van der Waals surface area contributed by atoms with Crippen molar-refractivity contribution in [2.24, 2.45) is 11.8 Å². The van der Waals surface area contributed by atoms with Crippen LogP contribution in [0.5, 0.6) is 5.75 Å². The second kappa shape index (κ2) is 11.8. The molecule has 0 radical (unpaired) electrons. The Bertz CT molecular complexity index is 1210. The Hall–Kier alpha value is -3.10.